The van der Waals surface area contributed by atoms with Gasteiger partial charge in [-0.1, -0.05) is 0 Å². The Hall–Kier alpha value is -0.790. The fourth-order valence-corrected chi connectivity index (χ4v) is 1.62. The zero-order chi connectivity index (χ0) is 7.14. The number of carbonyl (C=O) groups is 1. The third-order valence-corrected chi connectivity index (χ3v) is 2.15. The van der Waals surface area contributed by atoms with Gasteiger partial charge >= 0.3 is 0 Å². The van der Waals surface area contributed by atoms with E-state index in [2.05, 4.69) is 0 Å². The molecule has 0 amide bonds. The highest BCUT2D eigenvalue weighted by Crippen LogP contribution is 2.34. The molecule has 0 aromatic heterocycles. The highest BCUT2D eigenvalue weighted by molar-refractivity contribution is 6.01. The highest BCUT2D eigenvalue weighted by Gasteiger charge is 2.33. The second-order valence-corrected chi connectivity index (χ2v) is 2.88. The summed E-state index contributed by atoms with van der Waals surface area (Å²) in [7, 11) is 0. The lowest BCUT2D eigenvalue weighted by Crippen LogP contribution is -2.13. The second kappa shape index (κ2) is 1.84. The van der Waals surface area contributed by atoms with Crippen molar-refractivity contribution in [1.82, 2.24) is 0 Å². The largest absolute Gasteiger partial charge is 0.487 e. The van der Waals surface area contributed by atoms with Crippen LogP contribution in [0.25, 0.3) is 0 Å². The average Bonchev–Trinajstić information content (AvgIpc) is 2.41. The zero-order valence-corrected chi connectivity index (χ0v) is 6.02. The summed E-state index contributed by atoms with van der Waals surface area (Å²) < 4.78 is 5.33. The number of carbonyl (C=O) groups excluding carboxylic acids is 1. The van der Waals surface area contributed by atoms with Gasteiger partial charge in [0.1, 0.15) is 5.76 Å². The predicted molar refractivity (Wildman–Crippen MR) is 36.4 cm³/mol. The Bertz CT molecular complexity index is 215. The molecule has 0 saturated carbocycles. The van der Waals surface area contributed by atoms with Crippen LogP contribution in [0.15, 0.2) is 11.3 Å². The first-order chi connectivity index (χ1) is 4.79. The third-order valence-electron chi connectivity index (χ3n) is 2.15. The summed E-state index contributed by atoms with van der Waals surface area (Å²) in [6.07, 6.45) is 2.83. The standard InChI is InChI=1S/C8H10O2/c1-5-8(9)6-3-2-4-7(6)10-5/h5H,2-4H2,1H3. The molecule has 0 bridgehead atoms. The van der Waals surface area contributed by atoms with E-state index >= 15 is 0 Å². The number of Topliss-reactive ketones (excluding diaryl/α,β-unsaturated/α-hetero) is 1. The minimum Gasteiger partial charge on any atom is -0.487 e. The zero-order valence-electron chi connectivity index (χ0n) is 6.02. The molecule has 1 aliphatic heterocycles. The van der Waals surface area contributed by atoms with Crippen LogP contribution >= 0.6 is 0 Å². The van der Waals surface area contributed by atoms with Crippen LogP contribution in [0.1, 0.15) is 26.2 Å². The molecular weight excluding hydrogens is 128 g/mol. The van der Waals surface area contributed by atoms with E-state index in [-0.39, 0.29) is 11.9 Å². The summed E-state index contributed by atoms with van der Waals surface area (Å²) in [6.45, 7) is 1.82. The van der Waals surface area contributed by atoms with E-state index in [1.165, 1.54) is 0 Å². The molecule has 2 aliphatic rings. The van der Waals surface area contributed by atoms with Gasteiger partial charge in [0, 0.05) is 12.0 Å². The number of allylic oxidation sites excluding steroid dienone is 1. The summed E-state index contributed by atoms with van der Waals surface area (Å²) in [4.78, 5) is 11.2. The number of ether oxygens (including phenoxy) is 1. The minimum absolute atomic E-state index is 0.190. The molecule has 54 valence electrons. The van der Waals surface area contributed by atoms with Crippen LogP contribution in [0.2, 0.25) is 0 Å². The predicted octanol–water partition coefficient (Wildman–Crippen LogP) is 1.41. The fourth-order valence-electron chi connectivity index (χ4n) is 1.62. The first kappa shape index (κ1) is 5.96. The van der Waals surface area contributed by atoms with E-state index in [0.29, 0.717) is 0 Å². The summed E-state index contributed by atoms with van der Waals surface area (Å²) >= 11 is 0. The monoisotopic (exact) mass is 138 g/mol. The number of ketones is 1. The maximum absolute atomic E-state index is 11.2. The maximum atomic E-state index is 11.2. The third kappa shape index (κ3) is 0.618. The Morgan fingerprint density at radius 2 is 2.30 bits per heavy atom. The molecule has 0 radical (unpaired) electrons. The van der Waals surface area contributed by atoms with E-state index < -0.39 is 0 Å². The molecule has 2 heteroatoms. The van der Waals surface area contributed by atoms with Crippen LogP contribution in [0, 0.1) is 0 Å². The lowest BCUT2D eigenvalue weighted by Gasteiger charge is -2.04. The van der Waals surface area contributed by atoms with E-state index in [0.717, 1.165) is 30.6 Å². The molecule has 0 N–H and O–H groups in total. The number of hydrogen-bond acceptors (Lipinski definition) is 2. The Labute approximate surface area is 59.9 Å². The van der Waals surface area contributed by atoms with Gasteiger partial charge in [-0.25, -0.2) is 0 Å². The molecule has 0 aromatic rings. The van der Waals surface area contributed by atoms with E-state index in [1.54, 1.807) is 0 Å². The van der Waals surface area contributed by atoms with Crippen molar-refractivity contribution in [3.8, 4) is 0 Å². The smallest absolute Gasteiger partial charge is 0.202 e. The van der Waals surface area contributed by atoms with Gasteiger partial charge in [-0.05, 0) is 19.8 Å². The molecule has 2 nitrogen and oxygen atoms in total. The van der Waals surface area contributed by atoms with Crippen molar-refractivity contribution in [1.29, 1.82) is 0 Å². The molecule has 1 atom stereocenters. The highest BCUT2D eigenvalue weighted by atomic mass is 16.5. The molecule has 0 fully saturated rings. The van der Waals surface area contributed by atoms with Crippen LogP contribution in [0.3, 0.4) is 0 Å². The Morgan fingerprint density at radius 3 is 3.00 bits per heavy atom. The first-order valence-electron chi connectivity index (χ1n) is 3.72. The van der Waals surface area contributed by atoms with Crippen molar-refractivity contribution >= 4 is 5.78 Å². The fraction of sp³-hybridized carbons (Fsp3) is 0.625. The van der Waals surface area contributed by atoms with Crippen LogP contribution < -0.4 is 0 Å². The van der Waals surface area contributed by atoms with Crippen molar-refractivity contribution in [2.24, 2.45) is 0 Å². The molecule has 1 unspecified atom stereocenters. The summed E-state index contributed by atoms with van der Waals surface area (Å²) in [5, 5.41) is 0. The lowest BCUT2D eigenvalue weighted by atomic mass is 10.1. The van der Waals surface area contributed by atoms with Gasteiger partial charge in [-0.15, -0.1) is 0 Å². The van der Waals surface area contributed by atoms with Crippen LogP contribution in [0.5, 0.6) is 0 Å². The molecule has 1 aliphatic carbocycles. The normalized spacial score (nSPS) is 30.9. The number of hydrogen-bond donors (Lipinski definition) is 0. The summed E-state index contributed by atoms with van der Waals surface area (Å²) in [6, 6.07) is 0. The SMILES string of the molecule is CC1OC2=C(CCC2)C1=O. The van der Waals surface area contributed by atoms with Gasteiger partial charge in [0.05, 0.1) is 0 Å². The Morgan fingerprint density at radius 1 is 1.50 bits per heavy atom. The van der Waals surface area contributed by atoms with Crippen molar-refractivity contribution in [2.75, 3.05) is 0 Å². The Kier molecular flexibility index (Phi) is 1.10. The summed E-state index contributed by atoms with van der Waals surface area (Å²) in [5.74, 6) is 1.19. The van der Waals surface area contributed by atoms with E-state index in [4.69, 9.17) is 4.74 Å². The van der Waals surface area contributed by atoms with Crippen molar-refractivity contribution in [3.05, 3.63) is 11.3 Å². The van der Waals surface area contributed by atoms with Crippen molar-refractivity contribution < 1.29 is 9.53 Å². The molecule has 0 aromatic carbocycles. The Balaban J connectivity index is 2.30. The van der Waals surface area contributed by atoms with Crippen molar-refractivity contribution in [2.45, 2.75) is 32.3 Å². The molecule has 1 heterocycles. The van der Waals surface area contributed by atoms with Crippen LogP contribution in [0.4, 0.5) is 0 Å². The maximum Gasteiger partial charge on any atom is 0.202 e. The number of rotatable bonds is 0. The lowest BCUT2D eigenvalue weighted by molar-refractivity contribution is -0.120. The van der Waals surface area contributed by atoms with Gasteiger partial charge in [-0.3, -0.25) is 4.79 Å². The summed E-state index contributed by atoms with van der Waals surface area (Å²) in [5.41, 5.74) is 0.965. The molecule has 0 saturated heterocycles. The van der Waals surface area contributed by atoms with Crippen molar-refractivity contribution in [3.63, 3.8) is 0 Å². The van der Waals surface area contributed by atoms with Crippen LogP contribution in [-0.2, 0) is 9.53 Å². The molecule has 10 heavy (non-hydrogen) atoms. The average molecular weight is 138 g/mol. The first-order valence-corrected chi connectivity index (χ1v) is 3.72. The van der Waals surface area contributed by atoms with Gasteiger partial charge < -0.3 is 4.74 Å². The quantitative estimate of drug-likeness (QED) is 0.506. The van der Waals surface area contributed by atoms with E-state index in [9.17, 15) is 4.79 Å². The minimum atomic E-state index is -0.190. The van der Waals surface area contributed by atoms with Gasteiger partial charge in [-0.2, -0.15) is 0 Å². The van der Waals surface area contributed by atoms with Crippen LogP contribution in [-0.4, -0.2) is 11.9 Å². The van der Waals surface area contributed by atoms with E-state index in [1.807, 2.05) is 6.92 Å². The van der Waals surface area contributed by atoms with Gasteiger partial charge in [0.25, 0.3) is 0 Å². The molecule has 0 spiro atoms. The van der Waals surface area contributed by atoms with Gasteiger partial charge in [0.2, 0.25) is 5.78 Å². The topological polar surface area (TPSA) is 26.3 Å². The second-order valence-electron chi connectivity index (χ2n) is 2.88. The van der Waals surface area contributed by atoms with Gasteiger partial charge in [0.15, 0.2) is 6.10 Å². The molecule has 2 rings (SSSR count). The molecular formula is C8H10O2.